The predicted molar refractivity (Wildman–Crippen MR) is 71.9 cm³/mol. The minimum atomic E-state index is -4.45. The molecule has 0 radical (unpaired) electrons. The van der Waals surface area contributed by atoms with Crippen molar-refractivity contribution in [3.63, 3.8) is 0 Å². The second kappa shape index (κ2) is 6.35. The zero-order valence-electron chi connectivity index (χ0n) is 11.8. The molecule has 0 amide bonds. The van der Waals surface area contributed by atoms with Crippen LogP contribution in [0.5, 0.6) is 5.75 Å². The van der Waals surface area contributed by atoms with E-state index in [1.54, 1.807) is 6.07 Å². The summed E-state index contributed by atoms with van der Waals surface area (Å²) in [6, 6.07) is 5.20. The Labute approximate surface area is 121 Å². The molecule has 0 aliphatic carbocycles. The van der Waals surface area contributed by atoms with E-state index >= 15 is 0 Å². The molecule has 1 atom stereocenters. The second-order valence-corrected chi connectivity index (χ2v) is 5.23. The Balaban J connectivity index is 1.98. The van der Waals surface area contributed by atoms with E-state index in [-0.39, 0.29) is 11.3 Å². The molecular weight excluding hydrogens is 281 g/mol. The Bertz CT molecular complexity index is 537. The molecule has 1 aromatic carbocycles. The number of hydrogen-bond acceptors (Lipinski definition) is 3. The molecule has 3 nitrogen and oxygen atoms in total. The van der Waals surface area contributed by atoms with Gasteiger partial charge in [0.25, 0.3) is 0 Å². The van der Waals surface area contributed by atoms with Crippen molar-refractivity contribution in [1.82, 2.24) is 4.90 Å². The number of rotatable bonds is 4. The standard InChI is InChI=1S/C15H17F3N2O/c1-20-7-2-3-13(20)6-8-21-14-5-4-12(15(16,17)18)9-11(14)10-19/h4-5,9,13H,2-3,6-8H2,1H3. The van der Waals surface area contributed by atoms with Gasteiger partial charge in [0.1, 0.15) is 11.8 Å². The van der Waals surface area contributed by atoms with Gasteiger partial charge in [-0.15, -0.1) is 0 Å². The second-order valence-electron chi connectivity index (χ2n) is 5.23. The van der Waals surface area contributed by atoms with Crippen molar-refractivity contribution in [2.24, 2.45) is 0 Å². The van der Waals surface area contributed by atoms with Crippen molar-refractivity contribution in [2.45, 2.75) is 31.5 Å². The molecule has 1 fully saturated rings. The van der Waals surface area contributed by atoms with Crippen LogP contribution in [0.2, 0.25) is 0 Å². The maximum absolute atomic E-state index is 12.6. The maximum Gasteiger partial charge on any atom is 0.416 e. The molecule has 114 valence electrons. The minimum absolute atomic E-state index is 0.0791. The Morgan fingerprint density at radius 3 is 2.76 bits per heavy atom. The van der Waals surface area contributed by atoms with E-state index in [2.05, 4.69) is 11.9 Å². The number of likely N-dealkylation sites (tertiary alicyclic amines) is 1. The van der Waals surface area contributed by atoms with E-state index < -0.39 is 11.7 Å². The molecule has 0 bridgehead atoms. The Hall–Kier alpha value is -1.74. The topological polar surface area (TPSA) is 36.3 Å². The van der Waals surface area contributed by atoms with Crippen molar-refractivity contribution in [3.05, 3.63) is 29.3 Å². The summed E-state index contributed by atoms with van der Waals surface area (Å²) in [7, 11) is 2.05. The monoisotopic (exact) mass is 298 g/mol. The van der Waals surface area contributed by atoms with Crippen molar-refractivity contribution in [2.75, 3.05) is 20.2 Å². The van der Waals surface area contributed by atoms with E-state index in [0.717, 1.165) is 37.9 Å². The van der Waals surface area contributed by atoms with Crippen LogP contribution in [0.3, 0.4) is 0 Å². The normalized spacial score (nSPS) is 19.5. The Morgan fingerprint density at radius 1 is 1.43 bits per heavy atom. The van der Waals surface area contributed by atoms with Crippen molar-refractivity contribution >= 4 is 0 Å². The van der Waals surface area contributed by atoms with Gasteiger partial charge in [-0.1, -0.05) is 0 Å². The first kappa shape index (κ1) is 15.6. The van der Waals surface area contributed by atoms with Gasteiger partial charge in [0.2, 0.25) is 0 Å². The van der Waals surface area contributed by atoms with Gasteiger partial charge in [0.05, 0.1) is 17.7 Å². The first-order valence-electron chi connectivity index (χ1n) is 6.86. The zero-order valence-corrected chi connectivity index (χ0v) is 11.8. The molecule has 21 heavy (non-hydrogen) atoms. The van der Waals surface area contributed by atoms with Gasteiger partial charge in [-0.2, -0.15) is 18.4 Å². The summed E-state index contributed by atoms with van der Waals surface area (Å²) in [6.07, 6.45) is -1.37. The third-order valence-corrected chi connectivity index (χ3v) is 3.81. The number of nitriles is 1. The van der Waals surface area contributed by atoms with Crippen LogP contribution in [-0.4, -0.2) is 31.1 Å². The summed E-state index contributed by atoms with van der Waals surface area (Å²) in [5, 5.41) is 8.96. The molecule has 0 aromatic heterocycles. The highest BCUT2D eigenvalue weighted by Gasteiger charge is 2.31. The van der Waals surface area contributed by atoms with Crippen molar-refractivity contribution in [3.8, 4) is 11.8 Å². The number of benzene rings is 1. The molecule has 0 spiro atoms. The molecule has 2 rings (SSSR count). The maximum atomic E-state index is 12.6. The molecule has 1 unspecified atom stereocenters. The van der Waals surface area contributed by atoms with Crippen LogP contribution in [0.4, 0.5) is 13.2 Å². The Morgan fingerprint density at radius 2 is 2.19 bits per heavy atom. The lowest BCUT2D eigenvalue weighted by molar-refractivity contribution is -0.137. The highest BCUT2D eigenvalue weighted by Crippen LogP contribution is 2.32. The number of alkyl halides is 3. The fraction of sp³-hybridized carbons (Fsp3) is 0.533. The third kappa shape index (κ3) is 3.88. The molecule has 1 aliphatic heterocycles. The Kier molecular flexibility index (Phi) is 4.73. The fourth-order valence-corrected chi connectivity index (χ4v) is 2.57. The molecule has 1 aliphatic rings. The van der Waals surface area contributed by atoms with Crippen molar-refractivity contribution < 1.29 is 17.9 Å². The van der Waals surface area contributed by atoms with Gasteiger partial charge in [-0.05, 0) is 51.1 Å². The predicted octanol–water partition coefficient (Wildman–Crippen LogP) is 3.44. The average molecular weight is 298 g/mol. The summed E-state index contributed by atoms with van der Waals surface area (Å²) in [6.45, 7) is 1.46. The van der Waals surface area contributed by atoms with Gasteiger partial charge in [-0.25, -0.2) is 0 Å². The summed E-state index contributed by atoms with van der Waals surface area (Å²) in [4.78, 5) is 2.25. The van der Waals surface area contributed by atoms with Gasteiger partial charge in [0.15, 0.2) is 0 Å². The lowest BCUT2D eigenvalue weighted by Crippen LogP contribution is -2.26. The highest BCUT2D eigenvalue weighted by atomic mass is 19.4. The van der Waals surface area contributed by atoms with Crippen LogP contribution in [0.1, 0.15) is 30.4 Å². The van der Waals surface area contributed by atoms with E-state index in [4.69, 9.17) is 10.00 Å². The van der Waals surface area contributed by atoms with Crippen LogP contribution < -0.4 is 4.74 Å². The summed E-state index contributed by atoms with van der Waals surface area (Å²) in [5.74, 6) is 0.214. The number of halogens is 3. The lowest BCUT2D eigenvalue weighted by atomic mass is 10.1. The summed E-state index contributed by atoms with van der Waals surface area (Å²) in [5.41, 5.74) is -0.911. The molecule has 6 heteroatoms. The van der Waals surface area contributed by atoms with Crippen molar-refractivity contribution in [1.29, 1.82) is 5.26 Å². The van der Waals surface area contributed by atoms with E-state index in [1.807, 2.05) is 0 Å². The molecule has 1 saturated heterocycles. The summed E-state index contributed by atoms with van der Waals surface area (Å²) < 4.78 is 43.2. The first-order valence-corrected chi connectivity index (χ1v) is 6.86. The largest absolute Gasteiger partial charge is 0.492 e. The SMILES string of the molecule is CN1CCCC1CCOc1ccc(C(F)(F)F)cc1C#N. The molecule has 1 heterocycles. The van der Waals surface area contributed by atoms with E-state index in [9.17, 15) is 13.2 Å². The van der Waals surface area contributed by atoms with Crippen LogP contribution in [0, 0.1) is 11.3 Å². The van der Waals surface area contributed by atoms with E-state index in [1.165, 1.54) is 6.07 Å². The zero-order chi connectivity index (χ0) is 15.5. The van der Waals surface area contributed by atoms with E-state index in [0.29, 0.717) is 12.6 Å². The number of ether oxygens (including phenoxy) is 1. The minimum Gasteiger partial charge on any atom is -0.492 e. The van der Waals surface area contributed by atoms with Gasteiger partial charge in [-0.3, -0.25) is 0 Å². The molecule has 1 aromatic rings. The summed E-state index contributed by atoms with van der Waals surface area (Å²) >= 11 is 0. The molecular formula is C15H17F3N2O. The van der Waals surface area contributed by atoms with Crippen LogP contribution in [0.15, 0.2) is 18.2 Å². The van der Waals surface area contributed by atoms with Gasteiger partial charge < -0.3 is 9.64 Å². The highest BCUT2D eigenvalue weighted by molar-refractivity contribution is 5.46. The van der Waals surface area contributed by atoms with Crippen LogP contribution >= 0.6 is 0 Å². The number of nitrogens with zero attached hydrogens (tertiary/aromatic N) is 2. The lowest BCUT2D eigenvalue weighted by Gasteiger charge is -2.19. The fourth-order valence-electron chi connectivity index (χ4n) is 2.57. The van der Waals surface area contributed by atoms with Crippen LogP contribution in [-0.2, 0) is 6.18 Å². The molecule has 0 N–H and O–H groups in total. The quantitative estimate of drug-likeness (QED) is 0.854. The molecule has 0 saturated carbocycles. The number of hydrogen-bond donors (Lipinski definition) is 0. The van der Waals surface area contributed by atoms with Crippen LogP contribution in [0.25, 0.3) is 0 Å². The van der Waals surface area contributed by atoms with Gasteiger partial charge in [0, 0.05) is 6.04 Å². The van der Waals surface area contributed by atoms with Gasteiger partial charge >= 0.3 is 6.18 Å². The third-order valence-electron chi connectivity index (χ3n) is 3.81. The smallest absolute Gasteiger partial charge is 0.416 e. The average Bonchev–Trinajstić information content (AvgIpc) is 2.83. The first-order chi connectivity index (χ1) is 9.91.